The molecule has 0 bridgehead atoms. The van der Waals surface area contributed by atoms with Crippen LogP contribution in [0.15, 0.2) is 16.3 Å². The Morgan fingerprint density at radius 2 is 1.94 bits per heavy atom. The first kappa shape index (κ1) is 11.5. The predicted molar refractivity (Wildman–Crippen MR) is 62.4 cm³/mol. The average molecular weight is 277 g/mol. The molecule has 2 aromatic rings. The number of fused-ring (bicyclic) bond motifs is 1. The number of carbonyl (C=O) groups excluding carboxylic acids is 1. The van der Waals surface area contributed by atoms with Gasteiger partial charge in [0.15, 0.2) is 0 Å². The van der Waals surface area contributed by atoms with Gasteiger partial charge in [-0.05, 0) is 12.1 Å². The minimum atomic E-state index is -3.66. The van der Waals surface area contributed by atoms with Crippen molar-refractivity contribution in [1.29, 1.82) is 0 Å². The van der Waals surface area contributed by atoms with Crippen LogP contribution in [0.4, 0.5) is 0 Å². The molecule has 0 radical (unpaired) electrons. The number of methoxy groups -OCH3 is 1. The zero-order valence-corrected chi connectivity index (χ0v) is 10.5. The first-order valence-corrected chi connectivity index (χ1v) is 7.24. The van der Waals surface area contributed by atoms with Gasteiger partial charge in [0.25, 0.3) is 0 Å². The smallest absolute Gasteiger partial charge is 0.348 e. The van der Waals surface area contributed by atoms with E-state index in [1.165, 1.54) is 24.5 Å². The Balaban J connectivity index is 2.53. The van der Waals surface area contributed by atoms with Crippen LogP contribution < -0.4 is 5.14 Å². The summed E-state index contributed by atoms with van der Waals surface area (Å²) in [6.07, 6.45) is 0. The number of thiophene rings is 2. The maximum Gasteiger partial charge on any atom is 0.348 e. The third kappa shape index (κ3) is 1.96. The van der Waals surface area contributed by atoms with Crippen molar-refractivity contribution in [2.24, 2.45) is 5.14 Å². The molecule has 0 fully saturated rings. The molecule has 5 nitrogen and oxygen atoms in total. The Morgan fingerprint density at radius 3 is 2.44 bits per heavy atom. The molecule has 0 aliphatic carbocycles. The molecular formula is C8H7NO4S3. The predicted octanol–water partition coefficient (Wildman–Crippen LogP) is 1.40. The summed E-state index contributed by atoms with van der Waals surface area (Å²) in [6, 6.07) is 3.07. The average Bonchev–Trinajstić information content (AvgIpc) is 2.71. The second-order valence-electron chi connectivity index (χ2n) is 2.94. The van der Waals surface area contributed by atoms with Gasteiger partial charge in [0.2, 0.25) is 10.0 Å². The lowest BCUT2D eigenvalue weighted by molar-refractivity contribution is 0.0606. The molecule has 0 saturated carbocycles. The van der Waals surface area contributed by atoms with E-state index in [1.54, 1.807) is 6.07 Å². The summed E-state index contributed by atoms with van der Waals surface area (Å²) < 4.78 is 28.3. The van der Waals surface area contributed by atoms with E-state index in [2.05, 4.69) is 4.74 Å². The summed E-state index contributed by atoms with van der Waals surface area (Å²) in [6.45, 7) is 0. The van der Waals surface area contributed by atoms with Crippen LogP contribution in [0.25, 0.3) is 9.40 Å². The van der Waals surface area contributed by atoms with Crippen LogP contribution in [0, 0.1) is 0 Å². The fourth-order valence-electron chi connectivity index (χ4n) is 1.16. The topological polar surface area (TPSA) is 86.5 Å². The fraction of sp³-hybridized carbons (Fsp3) is 0.125. The summed E-state index contributed by atoms with van der Waals surface area (Å²) in [5.41, 5.74) is 0. The molecule has 0 aromatic carbocycles. The highest BCUT2D eigenvalue weighted by molar-refractivity contribution is 7.91. The lowest BCUT2D eigenvalue weighted by Crippen LogP contribution is -2.09. The van der Waals surface area contributed by atoms with Crippen molar-refractivity contribution in [3.63, 3.8) is 0 Å². The maximum absolute atomic E-state index is 11.2. The maximum atomic E-state index is 11.2. The lowest BCUT2D eigenvalue weighted by atomic mass is 10.4. The molecule has 0 saturated heterocycles. The normalized spacial score (nSPS) is 11.9. The van der Waals surface area contributed by atoms with E-state index in [1.807, 2.05) is 0 Å². The molecule has 2 rings (SSSR count). The molecule has 0 aliphatic rings. The highest BCUT2D eigenvalue weighted by atomic mass is 32.2. The van der Waals surface area contributed by atoms with Crippen LogP contribution in [-0.2, 0) is 14.8 Å². The monoisotopic (exact) mass is 277 g/mol. The second-order valence-corrected chi connectivity index (χ2v) is 6.90. The van der Waals surface area contributed by atoms with Crippen LogP contribution in [0.3, 0.4) is 0 Å². The minimum Gasteiger partial charge on any atom is -0.465 e. The molecule has 0 unspecified atom stereocenters. The van der Waals surface area contributed by atoms with Gasteiger partial charge in [-0.1, -0.05) is 0 Å². The number of nitrogens with two attached hydrogens (primary N) is 1. The number of sulfonamides is 1. The highest BCUT2D eigenvalue weighted by Gasteiger charge is 2.17. The van der Waals surface area contributed by atoms with Crippen molar-refractivity contribution in [1.82, 2.24) is 0 Å². The van der Waals surface area contributed by atoms with Gasteiger partial charge in [-0.15, -0.1) is 22.7 Å². The van der Waals surface area contributed by atoms with E-state index >= 15 is 0 Å². The summed E-state index contributed by atoms with van der Waals surface area (Å²) in [5.74, 6) is -0.425. The van der Waals surface area contributed by atoms with Crippen LogP contribution in [-0.4, -0.2) is 21.5 Å². The van der Waals surface area contributed by atoms with Crippen LogP contribution in [0.1, 0.15) is 9.67 Å². The molecule has 0 spiro atoms. The van der Waals surface area contributed by atoms with Crippen LogP contribution in [0.5, 0.6) is 0 Å². The van der Waals surface area contributed by atoms with Gasteiger partial charge in [-0.2, -0.15) is 0 Å². The largest absolute Gasteiger partial charge is 0.465 e. The van der Waals surface area contributed by atoms with Crippen LogP contribution in [0.2, 0.25) is 0 Å². The molecule has 16 heavy (non-hydrogen) atoms. The third-order valence-corrected chi connectivity index (χ3v) is 5.55. The first-order chi connectivity index (χ1) is 7.41. The SMILES string of the molecule is COC(=O)c1cc2sc(S(N)(=O)=O)cc2s1. The Morgan fingerprint density at radius 1 is 1.31 bits per heavy atom. The van der Waals surface area contributed by atoms with Crippen molar-refractivity contribution >= 4 is 48.1 Å². The number of ether oxygens (including phenoxy) is 1. The molecule has 86 valence electrons. The standard InChI is InChI=1S/C8H7NO4S3/c1-13-8(10)6-2-4-5(14-6)3-7(15-4)16(9,11)12/h2-3H,1H3,(H2,9,11,12). The first-order valence-electron chi connectivity index (χ1n) is 4.06. The van der Waals surface area contributed by atoms with Crippen molar-refractivity contribution in [3.05, 3.63) is 17.0 Å². The van der Waals surface area contributed by atoms with Crippen LogP contribution >= 0.6 is 22.7 Å². The molecule has 2 heterocycles. The molecule has 0 amide bonds. The van der Waals surface area contributed by atoms with Crippen molar-refractivity contribution in [2.45, 2.75) is 4.21 Å². The van der Waals surface area contributed by atoms with Gasteiger partial charge in [0.1, 0.15) is 9.09 Å². The van der Waals surface area contributed by atoms with E-state index in [4.69, 9.17) is 5.14 Å². The number of hydrogen-bond donors (Lipinski definition) is 1. The molecule has 2 aromatic heterocycles. The molecular weight excluding hydrogens is 270 g/mol. The third-order valence-electron chi connectivity index (χ3n) is 1.85. The van der Waals surface area contributed by atoms with E-state index in [0.29, 0.717) is 4.88 Å². The van der Waals surface area contributed by atoms with E-state index < -0.39 is 16.0 Å². The molecule has 0 aliphatic heterocycles. The zero-order chi connectivity index (χ0) is 11.9. The van der Waals surface area contributed by atoms with Crippen molar-refractivity contribution in [2.75, 3.05) is 7.11 Å². The van der Waals surface area contributed by atoms with Gasteiger partial charge in [0, 0.05) is 9.40 Å². The number of hydrogen-bond acceptors (Lipinski definition) is 6. The number of rotatable bonds is 2. The molecule has 8 heteroatoms. The molecule has 0 atom stereocenters. The van der Waals surface area contributed by atoms with Crippen molar-refractivity contribution < 1.29 is 17.9 Å². The lowest BCUT2D eigenvalue weighted by Gasteiger charge is -1.92. The Kier molecular flexibility index (Phi) is 2.74. The number of primary sulfonamides is 1. The Hall–Kier alpha value is -0.960. The van der Waals surface area contributed by atoms with Gasteiger partial charge < -0.3 is 4.74 Å². The Labute approximate surface area is 99.5 Å². The molecule has 2 N–H and O–H groups in total. The number of esters is 1. The van der Waals surface area contributed by atoms with E-state index in [-0.39, 0.29) is 4.21 Å². The van der Waals surface area contributed by atoms with Gasteiger partial charge in [-0.25, -0.2) is 18.4 Å². The van der Waals surface area contributed by atoms with Crippen molar-refractivity contribution in [3.8, 4) is 0 Å². The second kappa shape index (κ2) is 3.81. The summed E-state index contributed by atoms with van der Waals surface area (Å²) in [5, 5.41) is 5.00. The number of carbonyl (C=O) groups is 1. The highest BCUT2D eigenvalue weighted by Crippen LogP contribution is 2.34. The van der Waals surface area contributed by atoms with Gasteiger partial charge in [-0.3, -0.25) is 0 Å². The van der Waals surface area contributed by atoms with E-state index in [0.717, 1.165) is 20.7 Å². The summed E-state index contributed by atoms with van der Waals surface area (Å²) >= 11 is 2.23. The van der Waals surface area contributed by atoms with Gasteiger partial charge >= 0.3 is 5.97 Å². The summed E-state index contributed by atoms with van der Waals surface area (Å²) in [4.78, 5) is 11.7. The zero-order valence-electron chi connectivity index (χ0n) is 8.09. The van der Waals surface area contributed by atoms with E-state index in [9.17, 15) is 13.2 Å². The minimum absolute atomic E-state index is 0.102. The summed E-state index contributed by atoms with van der Waals surface area (Å²) in [7, 11) is -2.37. The Bertz CT molecular complexity index is 620. The quantitative estimate of drug-likeness (QED) is 0.840. The van der Waals surface area contributed by atoms with Gasteiger partial charge in [0.05, 0.1) is 7.11 Å². The fourth-order valence-corrected chi connectivity index (χ4v) is 4.29.